The van der Waals surface area contributed by atoms with Crippen LogP contribution in [-0.4, -0.2) is 23.4 Å². The lowest BCUT2D eigenvalue weighted by Gasteiger charge is -2.28. The maximum absolute atomic E-state index is 13.2. The molecule has 1 aromatic rings. The lowest BCUT2D eigenvalue weighted by atomic mass is 9.92. The van der Waals surface area contributed by atoms with Gasteiger partial charge in [-0.15, -0.1) is 0 Å². The first kappa shape index (κ1) is 14.4. The van der Waals surface area contributed by atoms with Gasteiger partial charge in [-0.05, 0) is 37.4 Å². The van der Waals surface area contributed by atoms with Gasteiger partial charge in [0.15, 0.2) is 0 Å². The summed E-state index contributed by atoms with van der Waals surface area (Å²) in [7, 11) is 0. The number of nitrogens with one attached hydrogen (secondary N) is 2. The second-order valence-electron chi connectivity index (χ2n) is 4.96. The molecule has 0 aromatic heterocycles. The van der Waals surface area contributed by atoms with Gasteiger partial charge in [-0.25, -0.2) is 0 Å². The van der Waals surface area contributed by atoms with E-state index in [1.807, 2.05) is 6.92 Å². The number of hydrogen-bond acceptors (Lipinski definition) is 4. The fourth-order valence-electron chi connectivity index (χ4n) is 2.35. The van der Waals surface area contributed by atoms with Crippen molar-refractivity contribution >= 4 is 17.3 Å². The molecule has 1 aliphatic heterocycles. The van der Waals surface area contributed by atoms with Crippen LogP contribution in [0.25, 0.3) is 0 Å². The molecule has 2 unspecified atom stereocenters. The molecule has 0 saturated carbocycles. The molecule has 2 atom stereocenters. The summed E-state index contributed by atoms with van der Waals surface area (Å²) in [5.74, 6) is -0.977. The summed E-state index contributed by atoms with van der Waals surface area (Å²) in [6, 6.07) is 2.99. The summed E-state index contributed by atoms with van der Waals surface area (Å²) in [5.41, 5.74) is -0.421. The topological polar surface area (TPSA) is 84.3 Å². The minimum Gasteiger partial charge on any atom is -0.324 e. The van der Waals surface area contributed by atoms with E-state index in [1.165, 1.54) is 6.07 Å². The van der Waals surface area contributed by atoms with E-state index in [0.29, 0.717) is 0 Å². The highest BCUT2D eigenvalue weighted by molar-refractivity contribution is 5.95. The molecule has 2 N–H and O–H groups in total. The van der Waals surface area contributed by atoms with Crippen molar-refractivity contribution in [1.29, 1.82) is 0 Å². The van der Waals surface area contributed by atoms with Crippen LogP contribution in [0, 0.1) is 21.8 Å². The van der Waals surface area contributed by atoms with Gasteiger partial charge in [0, 0.05) is 11.8 Å². The van der Waals surface area contributed by atoms with Gasteiger partial charge in [-0.1, -0.05) is 6.92 Å². The molecule has 1 fully saturated rings. The second kappa shape index (κ2) is 5.96. The Morgan fingerprint density at radius 3 is 2.95 bits per heavy atom. The van der Waals surface area contributed by atoms with Crippen molar-refractivity contribution in [3.8, 4) is 0 Å². The number of hydrogen-bond donors (Lipinski definition) is 2. The number of rotatable bonds is 3. The average molecular weight is 281 g/mol. The van der Waals surface area contributed by atoms with Crippen molar-refractivity contribution in [2.75, 3.05) is 11.9 Å². The molecular formula is C13H16FN3O3. The standard InChI is InChI=1S/C13H16FN3O3/c1-8-3-2-6-15-12(8)13(18)16-9-4-5-10(14)11(7-9)17(19)20/h4-5,7-8,12,15H,2-3,6H2,1H3,(H,16,18). The van der Waals surface area contributed by atoms with Crippen molar-refractivity contribution < 1.29 is 14.1 Å². The second-order valence-corrected chi connectivity index (χ2v) is 4.96. The molecule has 20 heavy (non-hydrogen) atoms. The van der Waals surface area contributed by atoms with E-state index in [9.17, 15) is 19.3 Å². The smallest absolute Gasteiger partial charge is 0.306 e. The molecule has 2 rings (SSSR count). The van der Waals surface area contributed by atoms with Crippen LogP contribution in [0.3, 0.4) is 0 Å². The number of amides is 1. The summed E-state index contributed by atoms with van der Waals surface area (Å²) in [6.45, 7) is 2.75. The summed E-state index contributed by atoms with van der Waals surface area (Å²) >= 11 is 0. The van der Waals surface area contributed by atoms with Gasteiger partial charge in [-0.2, -0.15) is 4.39 Å². The zero-order valence-corrected chi connectivity index (χ0v) is 11.1. The molecule has 0 radical (unpaired) electrons. The molecule has 108 valence electrons. The van der Waals surface area contributed by atoms with E-state index in [-0.39, 0.29) is 23.6 Å². The Kier molecular flexibility index (Phi) is 4.29. The highest BCUT2D eigenvalue weighted by atomic mass is 19.1. The number of benzene rings is 1. The van der Waals surface area contributed by atoms with Gasteiger partial charge in [0.2, 0.25) is 11.7 Å². The van der Waals surface area contributed by atoms with Crippen LogP contribution in [0.2, 0.25) is 0 Å². The highest BCUT2D eigenvalue weighted by Gasteiger charge is 2.27. The number of carbonyl (C=O) groups excluding carboxylic acids is 1. The summed E-state index contributed by atoms with van der Waals surface area (Å²) in [6.07, 6.45) is 1.97. The van der Waals surface area contributed by atoms with Gasteiger partial charge in [-0.3, -0.25) is 14.9 Å². The van der Waals surface area contributed by atoms with Crippen LogP contribution >= 0.6 is 0 Å². The Balaban J connectivity index is 2.11. The average Bonchev–Trinajstić information content (AvgIpc) is 2.41. The van der Waals surface area contributed by atoms with Gasteiger partial charge in [0.25, 0.3) is 0 Å². The number of piperidine rings is 1. The Labute approximate surface area is 115 Å². The molecule has 1 saturated heterocycles. The third-order valence-electron chi connectivity index (χ3n) is 3.46. The first-order valence-corrected chi connectivity index (χ1v) is 6.47. The molecule has 7 heteroatoms. The third kappa shape index (κ3) is 3.11. The highest BCUT2D eigenvalue weighted by Crippen LogP contribution is 2.23. The van der Waals surface area contributed by atoms with Gasteiger partial charge >= 0.3 is 5.69 Å². The zero-order chi connectivity index (χ0) is 14.7. The Bertz CT molecular complexity index is 536. The zero-order valence-electron chi connectivity index (χ0n) is 11.1. The predicted molar refractivity (Wildman–Crippen MR) is 71.9 cm³/mol. The maximum Gasteiger partial charge on any atom is 0.306 e. The van der Waals surface area contributed by atoms with E-state index >= 15 is 0 Å². The number of nitro groups is 1. The van der Waals surface area contributed by atoms with Crippen molar-refractivity contribution in [2.24, 2.45) is 5.92 Å². The number of nitro benzene ring substituents is 1. The quantitative estimate of drug-likeness (QED) is 0.656. The molecule has 1 aliphatic rings. The van der Waals surface area contributed by atoms with Crippen molar-refractivity contribution in [2.45, 2.75) is 25.8 Å². The Morgan fingerprint density at radius 2 is 2.30 bits per heavy atom. The lowest BCUT2D eigenvalue weighted by Crippen LogP contribution is -2.48. The molecular weight excluding hydrogens is 265 g/mol. The van der Waals surface area contributed by atoms with E-state index in [0.717, 1.165) is 31.5 Å². The van der Waals surface area contributed by atoms with Crippen LogP contribution in [0.1, 0.15) is 19.8 Å². The summed E-state index contributed by atoms with van der Waals surface area (Å²) in [5, 5.41) is 16.4. The first-order valence-electron chi connectivity index (χ1n) is 6.47. The fraction of sp³-hybridized carbons (Fsp3) is 0.462. The van der Waals surface area contributed by atoms with Crippen LogP contribution in [0.15, 0.2) is 18.2 Å². The lowest BCUT2D eigenvalue weighted by molar-refractivity contribution is -0.387. The number of nitrogens with zero attached hydrogens (tertiary/aromatic N) is 1. The van der Waals surface area contributed by atoms with Gasteiger partial charge < -0.3 is 10.6 Å². The molecule has 0 spiro atoms. The largest absolute Gasteiger partial charge is 0.324 e. The van der Waals surface area contributed by atoms with E-state index in [4.69, 9.17) is 0 Å². The van der Waals surface area contributed by atoms with E-state index in [1.54, 1.807) is 0 Å². The molecule has 1 amide bonds. The molecule has 0 bridgehead atoms. The van der Waals surface area contributed by atoms with Gasteiger partial charge in [0.1, 0.15) is 0 Å². The van der Waals surface area contributed by atoms with Crippen LogP contribution in [-0.2, 0) is 4.79 Å². The van der Waals surface area contributed by atoms with Crippen molar-refractivity contribution in [3.05, 3.63) is 34.1 Å². The molecule has 0 aliphatic carbocycles. The maximum atomic E-state index is 13.2. The van der Waals surface area contributed by atoms with Gasteiger partial charge in [0.05, 0.1) is 11.0 Å². The van der Waals surface area contributed by atoms with E-state index < -0.39 is 16.4 Å². The minimum absolute atomic E-state index is 0.194. The van der Waals surface area contributed by atoms with Crippen LogP contribution < -0.4 is 10.6 Å². The summed E-state index contributed by atoms with van der Waals surface area (Å²) in [4.78, 5) is 21.9. The third-order valence-corrected chi connectivity index (χ3v) is 3.46. The molecule has 1 heterocycles. The first-order chi connectivity index (χ1) is 9.49. The number of halogens is 1. The van der Waals surface area contributed by atoms with Crippen LogP contribution in [0.5, 0.6) is 0 Å². The van der Waals surface area contributed by atoms with Crippen molar-refractivity contribution in [1.82, 2.24) is 5.32 Å². The minimum atomic E-state index is -0.919. The number of carbonyl (C=O) groups is 1. The number of anilines is 1. The molecule has 6 nitrogen and oxygen atoms in total. The normalized spacial score (nSPS) is 22.3. The molecule has 1 aromatic carbocycles. The van der Waals surface area contributed by atoms with Crippen molar-refractivity contribution in [3.63, 3.8) is 0 Å². The fourth-order valence-corrected chi connectivity index (χ4v) is 2.35. The monoisotopic (exact) mass is 281 g/mol. The SMILES string of the molecule is CC1CCCNC1C(=O)Nc1ccc(F)c([N+](=O)[O-])c1. The predicted octanol–water partition coefficient (Wildman–Crippen LogP) is 2.06. The van der Waals surface area contributed by atoms with E-state index in [2.05, 4.69) is 10.6 Å². The van der Waals surface area contributed by atoms with Crippen LogP contribution in [0.4, 0.5) is 15.8 Å². The Hall–Kier alpha value is -2.02. The summed E-state index contributed by atoms with van der Waals surface area (Å²) < 4.78 is 13.2. The Morgan fingerprint density at radius 1 is 1.55 bits per heavy atom.